The number of ether oxygens (including phenoxy) is 2. The predicted molar refractivity (Wildman–Crippen MR) is 91.6 cm³/mol. The molecule has 2 aromatic heterocycles. The highest BCUT2D eigenvalue weighted by molar-refractivity contribution is 6.11. The molecule has 0 spiro atoms. The van der Waals surface area contributed by atoms with Crippen molar-refractivity contribution in [1.82, 2.24) is 10.1 Å². The Morgan fingerprint density at radius 2 is 1.92 bits per heavy atom. The zero-order valence-corrected chi connectivity index (χ0v) is 13.6. The molecule has 3 aromatic rings. The zero-order valence-electron chi connectivity index (χ0n) is 13.6. The summed E-state index contributed by atoms with van der Waals surface area (Å²) in [4.78, 5) is 16.7. The second-order valence-electron chi connectivity index (χ2n) is 5.07. The summed E-state index contributed by atoms with van der Waals surface area (Å²) in [6, 6.07) is 8.51. The predicted octanol–water partition coefficient (Wildman–Crippen LogP) is 2.59. The maximum atomic E-state index is 12.7. The van der Waals surface area contributed by atoms with E-state index in [-0.39, 0.29) is 11.4 Å². The number of methoxy groups -OCH3 is 2. The van der Waals surface area contributed by atoms with Crippen molar-refractivity contribution in [1.29, 1.82) is 0 Å². The molecule has 0 aliphatic heterocycles. The lowest BCUT2D eigenvalue weighted by Crippen LogP contribution is -2.14. The number of carbonyl (C=O) groups is 1. The molecule has 1 aromatic carbocycles. The van der Waals surface area contributed by atoms with Crippen LogP contribution in [0.2, 0.25) is 0 Å². The van der Waals surface area contributed by atoms with Crippen molar-refractivity contribution in [2.75, 3.05) is 25.3 Å². The fraction of sp³-hybridized carbons (Fsp3) is 0.118. The zero-order chi connectivity index (χ0) is 17.8. The van der Waals surface area contributed by atoms with Gasteiger partial charge in [-0.05, 0) is 12.1 Å². The number of rotatable bonds is 5. The molecule has 8 heteroatoms. The number of nitrogen functional groups attached to an aromatic ring is 1. The van der Waals surface area contributed by atoms with Gasteiger partial charge in [-0.15, -0.1) is 0 Å². The standard InChI is InChI=1S/C17H16N4O4/c1-23-12-6-11(7-13(8-12)24-2)20-17(22)14-15(21-25-16(14)18)10-4-3-5-19-9-10/h3-9H,18H2,1-2H3,(H,20,22). The molecular formula is C17H16N4O4. The van der Waals surface area contributed by atoms with E-state index in [2.05, 4.69) is 15.5 Å². The van der Waals surface area contributed by atoms with Gasteiger partial charge in [-0.3, -0.25) is 9.78 Å². The second-order valence-corrected chi connectivity index (χ2v) is 5.07. The van der Waals surface area contributed by atoms with Crippen LogP contribution >= 0.6 is 0 Å². The maximum absolute atomic E-state index is 12.7. The molecule has 1 amide bonds. The van der Waals surface area contributed by atoms with Gasteiger partial charge in [0.15, 0.2) is 0 Å². The summed E-state index contributed by atoms with van der Waals surface area (Å²) < 4.78 is 15.4. The van der Waals surface area contributed by atoms with Crippen LogP contribution in [0.25, 0.3) is 11.3 Å². The molecule has 3 rings (SSSR count). The average molecular weight is 340 g/mol. The largest absolute Gasteiger partial charge is 0.497 e. The highest BCUT2D eigenvalue weighted by atomic mass is 16.5. The first kappa shape index (κ1) is 16.3. The third kappa shape index (κ3) is 3.37. The molecule has 25 heavy (non-hydrogen) atoms. The first-order valence-corrected chi connectivity index (χ1v) is 7.32. The first-order valence-electron chi connectivity index (χ1n) is 7.32. The Labute approximate surface area is 143 Å². The molecular weight excluding hydrogens is 324 g/mol. The Balaban J connectivity index is 1.94. The summed E-state index contributed by atoms with van der Waals surface area (Å²) in [5.41, 5.74) is 7.34. The Hall–Kier alpha value is -3.55. The number of anilines is 2. The minimum Gasteiger partial charge on any atom is -0.497 e. The minimum atomic E-state index is -0.465. The molecule has 0 bridgehead atoms. The van der Waals surface area contributed by atoms with Crippen molar-refractivity contribution >= 4 is 17.5 Å². The van der Waals surface area contributed by atoms with Crippen molar-refractivity contribution in [2.45, 2.75) is 0 Å². The fourth-order valence-corrected chi connectivity index (χ4v) is 2.30. The lowest BCUT2D eigenvalue weighted by Gasteiger charge is -2.10. The Kier molecular flexibility index (Phi) is 4.51. The number of aromatic nitrogens is 2. The smallest absolute Gasteiger partial charge is 0.263 e. The molecule has 0 aliphatic rings. The van der Waals surface area contributed by atoms with Crippen LogP contribution in [-0.2, 0) is 0 Å². The maximum Gasteiger partial charge on any atom is 0.263 e. The van der Waals surface area contributed by atoms with Gasteiger partial charge in [-0.1, -0.05) is 5.16 Å². The van der Waals surface area contributed by atoms with E-state index in [1.165, 1.54) is 14.2 Å². The molecule has 0 saturated heterocycles. The van der Waals surface area contributed by atoms with Gasteiger partial charge in [0, 0.05) is 41.8 Å². The van der Waals surface area contributed by atoms with Crippen molar-refractivity contribution in [3.8, 4) is 22.8 Å². The topological polar surface area (TPSA) is 112 Å². The molecule has 0 unspecified atom stereocenters. The average Bonchev–Trinajstić information content (AvgIpc) is 3.03. The van der Waals surface area contributed by atoms with Gasteiger partial charge in [0.2, 0.25) is 5.88 Å². The van der Waals surface area contributed by atoms with E-state index in [1.54, 1.807) is 42.7 Å². The third-order valence-corrected chi connectivity index (χ3v) is 3.49. The number of nitrogens with two attached hydrogens (primary N) is 1. The van der Waals surface area contributed by atoms with E-state index in [1.807, 2.05) is 0 Å². The van der Waals surface area contributed by atoms with Gasteiger partial charge in [0.1, 0.15) is 22.8 Å². The summed E-state index contributed by atoms with van der Waals surface area (Å²) in [6.45, 7) is 0. The first-order chi connectivity index (χ1) is 12.1. The van der Waals surface area contributed by atoms with Crippen molar-refractivity contribution in [3.05, 3.63) is 48.3 Å². The Morgan fingerprint density at radius 1 is 1.20 bits per heavy atom. The van der Waals surface area contributed by atoms with Crippen LogP contribution in [0.15, 0.2) is 47.2 Å². The molecule has 0 aliphatic carbocycles. The van der Waals surface area contributed by atoms with Crippen molar-refractivity contribution in [3.63, 3.8) is 0 Å². The van der Waals surface area contributed by atoms with Crippen LogP contribution < -0.4 is 20.5 Å². The van der Waals surface area contributed by atoms with Gasteiger partial charge < -0.3 is 25.0 Å². The van der Waals surface area contributed by atoms with Gasteiger partial charge >= 0.3 is 0 Å². The lowest BCUT2D eigenvalue weighted by molar-refractivity contribution is 0.102. The number of nitrogens with one attached hydrogen (secondary N) is 1. The van der Waals surface area contributed by atoms with Crippen LogP contribution in [0.3, 0.4) is 0 Å². The van der Waals surface area contributed by atoms with Crippen molar-refractivity contribution in [2.24, 2.45) is 0 Å². The van der Waals surface area contributed by atoms with E-state index in [0.29, 0.717) is 28.4 Å². The Bertz CT molecular complexity index is 871. The van der Waals surface area contributed by atoms with Gasteiger partial charge in [0.05, 0.1) is 14.2 Å². The molecule has 0 fully saturated rings. The van der Waals surface area contributed by atoms with Crippen molar-refractivity contribution < 1.29 is 18.8 Å². The third-order valence-electron chi connectivity index (χ3n) is 3.49. The monoisotopic (exact) mass is 340 g/mol. The number of amides is 1. The second kappa shape index (κ2) is 6.91. The van der Waals surface area contributed by atoms with E-state index in [4.69, 9.17) is 19.7 Å². The van der Waals surface area contributed by atoms with Gasteiger partial charge in [-0.25, -0.2) is 0 Å². The molecule has 128 valence electrons. The van der Waals surface area contributed by atoms with E-state index in [0.717, 1.165) is 0 Å². The quantitative estimate of drug-likeness (QED) is 0.734. The molecule has 0 radical (unpaired) electrons. The van der Waals surface area contributed by atoms with Crippen LogP contribution in [0, 0.1) is 0 Å². The van der Waals surface area contributed by atoms with Crippen LogP contribution in [0.4, 0.5) is 11.6 Å². The highest BCUT2D eigenvalue weighted by Crippen LogP contribution is 2.29. The molecule has 2 heterocycles. The number of pyridine rings is 1. The van der Waals surface area contributed by atoms with Crippen LogP contribution in [0.1, 0.15) is 10.4 Å². The van der Waals surface area contributed by atoms with E-state index in [9.17, 15) is 4.79 Å². The minimum absolute atomic E-state index is 0.0776. The summed E-state index contributed by atoms with van der Waals surface area (Å²) in [7, 11) is 3.05. The molecule has 3 N–H and O–H groups in total. The summed E-state index contributed by atoms with van der Waals surface area (Å²) in [5, 5.41) is 6.61. The molecule has 0 atom stereocenters. The van der Waals surface area contributed by atoms with Crippen LogP contribution in [0.5, 0.6) is 11.5 Å². The number of carbonyl (C=O) groups excluding carboxylic acids is 1. The number of hydrogen-bond donors (Lipinski definition) is 2. The molecule has 0 saturated carbocycles. The van der Waals surface area contributed by atoms with Crippen LogP contribution in [-0.4, -0.2) is 30.3 Å². The number of hydrogen-bond acceptors (Lipinski definition) is 7. The lowest BCUT2D eigenvalue weighted by atomic mass is 10.1. The summed E-state index contributed by atoms with van der Waals surface area (Å²) in [6.07, 6.45) is 3.19. The van der Waals surface area contributed by atoms with E-state index < -0.39 is 5.91 Å². The van der Waals surface area contributed by atoms with Gasteiger partial charge in [-0.2, -0.15) is 0 Å². The van der Waals surface area contributed by atoms with E-state index >= 15 is 0 Å². The molecule has 8 nitrogen and oxygen atoms in total. The number of nitrogens with zero attached hydrogens (tertiary/aromatic N) is 2. The SMILES string of the molecule is COc1cc(NC(=O)c2c(-c3cccnc3)noc2N)cc(OC)c1. The Morgan fingerprint density at radius 3 is 2.52 bits per heavy atom. The summed E-state index contributed by atoms with van der Waals surface area (Å²) in [5.74, 6) is 0.542. The summed E-state index contributed by atoms with van der Waals surface area (Å²) >= 11 is 0. The highest BCUT2D eigenvalue weighted by Gasteiger charge is 2.23. The normalized spacial score (nSPS) is 10.3. The fourth-order valence-electron chi connectivity index (χ4n) is 2.30. The van der Waals surface area contributed by atoms with Gasteiger partial charge in [0.25, 0.3) is 5.91 Å². The number of benzene rings is 1.